The summed E-state index contributed by atoms with van der Waals surface area (Å²) in [6, 6.07) is 12.5. The summed E-state index contributed by atoms with van der Waals surface area (Å²) in [4.78, 5) is 18.0. The first kappa shape index (κ1) is 20.0. The van der Waals surface area contributed by atoms with E-state index < -0.39 is 0 Å². The van der Waals surface area contributed by atoms with Crippen LogP contribution in [0.5, 0.6) is 0 Å². The van der Waals surface area contributed by atoms with Crippen molar-refractivity contribution < 1.29 is 0 Å². The number of hydrogen-bond donors (Lipinski definition) is 2. The van der Waals surface area contributed by atoms with Crippen LogP contribution in [0, 0.1) is 0 Å². The number of fused-ring (bicyclic) bond motifs is 2. The van der Waals surface area contributed by atoms with Crippen LogP contribution in [-0.4, -0.2) is 42.2 Å². The standard InChI is InChI=1S/C24H26N8/c1-2-6-20-16-22-21(15-19(20)5-1)29-23(27-7-3-11-31-13-9-25-17-31)24(30-22)28-8-4-12-32-14-10-26-18-32/h1-2,5-6,9-10,13-18H,3-4,7-8,11-12H2,(H,27,29)(H,28,30). The minimum absolute atomic E-state index is 0.793. The summed E-state index contributed by atoms with van der Waals surface area (Å²) in [7, 11) is 0. The molecule has 2 aromatic carbocycles. The van der Waals surface area contributed by atoms with Gasteiger partial charge in [0.2, 0.25) is 0 Å². The first-order chi connectivity index (χ1) is 15.8. The van der Waals surface area contributed by atoms with Gasteiger partial charge >= 0.3 is 0 Å². The number of rotatable bonds is 10. The van der Waals surface area contributed by atoms with E-state index in [1.54, 1.807) is 12.4 Å². The van der Waals surface area contributed by atoms with Crippen molar-refractivity contribution in [2.75, 3.05) is 23.7 Å². The molecule has 0 amide bonds. The van der Waals surface area contributed by atoms with E-state index >= 15 is 0 Å². The molecule has 5 aromatic rings. The molecule has 5 rings (SSSR count). The van der Waals surface area contributed by atoms with E-state index in [0.29, 0.717) is 0 Å². The van der Waals surface area contributed by atoms with Gasteiger partial charge in [-0.15, -0.1) is 0 Å². The van der Waals surface area contributed by atoms with Gasteiger partial charge in [-0.2, -0.15) is 0 Å². The molecule has 3 heterocycles. The number of nitrogens with zero attached hydrogens (tertiary/aromatic N) is 6. The molecule has 0 aliphatic carbocycles. The van der Waals surface area contributed by atoms with Gasteiger partial charge in [-0.25, -0.2) is 19.9 Å². The van der Waals surface area contributed by atoms with Crippen LogP contribution in [0.15, 0.2) is 73.8 Å². The zero-order valence-electron chi connectivity index (χ0n) is 17.9. The van der Waals surface area contributed by atoms with Gasteiger partial charge in [0.15, 0.2) is 11.6 Å². The third-order valence-electron chi connectivity index (χ3n) is 5.42. The van der Waals surface area contributed by atoms with Crippen molar-refractivity contribution in [1.29, 1.82) is 0 Å². The highest BCUT2D eigenvalue weighted by Gasteiger charge is 2.10. The molecule has 32 heavy (non-hydrogen) atoms. The number of aromatic nitrogens is 6. The van der Waals surface area contributed by atoms with E-state index in [1.807, 2.05) is 37.2 Å². The molecule has 0 radical (unpaired) electrons. The van der Waals surface area contributed by atoms with Crippen molar-refractivity contribution in [1.82, 2.24) is 29.1 Å². The Hall–Kier alpha value is -3.94. The van der Waals surface area contributed by atoms with Crippen molar-refractivity contribution in [2.24, 2.45) is 0 Å². The van der Waals surface area contributed by atoms with Gasteiger partial charge in [0.1, 0.15) is 0 Å². The summed E-state index contributed by atoms with van der Waals surface area (Å²) in [5, 5.41) is 9.31. The lowest BCUT2D eigenvalue weighted by Gasteiger charge is -2.14. The van der Waals surface area contributed by atoms with E-state index in [-0.39, 0.29) is 0 Å². The Morgan fingerprint density at radius 1 is 0.688 bits per heavy atom. The second-order valence-electron chi connectivity index (χ2n) is 7.77. The van der Waals surface area contributed by atoms with E-state index in [0.717, 1.165) is 61.7 Å². The lowest BCUT2D eigenvalue weighted by molar-refractivity contribution is 0.658. The molecular formula is C24H26N8. The number of hydrogen-bond acceptors (Lipinski definition) is 6. The third kappa shape index (κ3) is 4.69. The molecule has 8 heteroatoms. The van der Waals surface area contributed by atoms with E-state index in [1.165, 1.54) is 10.8 Å². The molecule has 162 valence electrons. The van der Waals surface area contributed by atoms with Crippen LogP contribution in [0.4, 0.5) is 11.6 Å². The van der Waals surface area contributed by atoms with E-state index in [4.69, 9.17) is 9.97 Å². The zero-order valence-corrected chi connectivity index (χ0v) is 17.9. The summed E-state index contributed by atoms with van der Waals surface area (Å²) in [6.07, 6.45) is 13.2. The Kier molecular flexibility index (Phi) is 5.91. The summed E-state index contributed by atoms with van der Waals surface area (Å²) in [5.41, 5.74) is 1.79. The number of aryl methyl sites for hydroxylation is 2. The third-order valence-corrected chi connectivity index (χ3v) is 5.42. The van der Waals surface area contributed by atoms with Crippen LogP contribution in [0.2, 0.25) is 0 Å². The maximum absolute atomic E-state index is 4.92. The molecule has 0 bridgehead atoms. The largest absolute Gasteiger partial charge is 0.367 e. The minimum atomic E-state index is 0.793. The van der Waals surface area contributed by atoms with Gasteiger partial charge in [0.25, 0.3) is 0 Å². The van der Waals surface area contributed by atoms with Gasteiger partial charge < -0.3 is 19.8 Å². The fourth-order valence-corrected chi connectivity index (χ4v) is 3.76. The van der Waals surface area contributed by atoms with Gasteiger partial charge in [0, 0.05) is 51.0 Å². The SMILES string of the molecule is c1ccc2cc3nc(NCCCn4ccnc4)c(NCCCn4ccnc4)nc3cc2c1. The lowest BCUT2D eigenvalue weighted by Crippen LogP contribution is -2.13. The molecule has 3 aromatic heterocycles. The average Bonchev–Trinajstić information content (AvgIpc) is 3.52. The van der Waals surface area contributed by atoms with Gasteiger partial charge in [-0.05, 0) is 35.7 Å². The summed E-state index contributed by atoms with van der Waals surface area (Å²) < 4.78 is 4.16. The topological polar surface area (TPSA) is 85.5 Å². The van der Waals surface area contributed by atoms with Crippen LogP contribution in [0.1, 0.15) is 12.8 Å². The fraction of sp³-hybridized carbons (Fsp3) is 0.250. The van der Waals surface area contributed by atoms with Gasteiger partial charge in [-0.1, -0.05) is 24.3 Å². The summed E-state index contributed by atoms with van der Waals surface area (Å²) in [6.45, 7) is 3.42. The van der Waals surface area contributed by atoms with Crippen LogP contribution < -0.4 is 10.6 Å². The monoisotopic (exact) mass is 426 g/mol. The second-order valence-corrected chi connectivity index (χ2v) is 7.77. The molecule has 0 aliphatic heterocycles. The van der Waals surface area contributed by atoms with E-state index in [9.17, 15) is 0 Å². The van der Waals surface area contributed by atoms with Crippen molar-refractivity contribution in [2.45, 2.75) is 25.9 Å². The Balaban J connectivity index is 1.33. The Morgan fingerprint density at radius 2 is 1.19 bits per heavy atom. The van der Waals surface area contributed by atoms with Crippen LogP contribution in [0.3, 0.4) is 0 Å². The first-order valence-corrected chi connectivity index (χ1v) is 10.9. The zero-order chi connectivity index (χ0) is 21.6. The molecule has 0 unspecified atom stereocenters. The first-order valence-electron chi connectivity index (χ1n) is 10.9. The number of anilines is 2. The Labute approximate surface area is 186 Å². The van der Waals surface area contributed by atoms with E-state index in [2.05, 4.69) is 54.0 Å². The molecule has 0 atom stereocenters. The molecular weight excluding hydrogens is 400 g/mol. The predicted octanol–water partition coefficient (Wildman–Crippen LogP) is 4.18. The quantitative estimate of drug-likeness (QED) is 0.257. The molecule has 2 N–H and O–H groups in total. The minimum Gasteiger partial charge on any atom is -0.367 e. The number of benzene rings is 2. The van der Waals surface area contributed by atoms with Crippen LogP contribution in [-0.2, 0) is 13.1 Å². The average molecular weight is 427 g/mol. The number of imidazole rings is 2. The highest BCUT2D eigenvalue weighted by Crippen LogP contribution is 2.25. The molecule has 0 fully saturated rings. The molecule has 8 nitrogen and oxygen atoms in total. The molecule has 0 aliphatic rings. The Morgan fingerprint density at radius 3 is 1.62 bits per heavy atom. The highest BCUT2D eigenvalue weighted by atomic mass is 15.1. The molecule has 0 spiro atoms. The maximum atomic E-state index is 4.92. The van der Waals surface area contributed by atoms with Crippen LogP contribution >= 0.6 is 0 Å². The summed E-state index contributed by atoms with van der Waals surface area (Å²) >= 11 is 0. The number of nitrogens with one attached hydrogen (secondary N) is 2. The Bertz CT molecular complexity index is 1180. The van der Waals surface area contributed by atoms with Gasteiger partial charge in [0.05, 0.1) is 23.7 Å². The van der Waals surface area contributed by atoms with Crippen molar-refractivity contribution in [3.05, 3.63) is 73.8 Å². The predicted molar refractivity (Wildman–Crippen MR) is 128 cm³/mol. The summed E-state index contributed by atoms with van der Waals surface area (Å²) in [5.74, 6) is 1.59. The normalized spacial score (nSPS) is 11.2. The molecule has 0 saturated heterocycles. The van der Waals surface area contributed by atoms with Gasteiger partial charge in [-0.3, -0.25) is 0 Å². The highest BCUT2D eigenvalue weighted by molar-refractivity contribution is 5.96. The smallest absolute Gasteiger partial charge is 0.169 e. The lowest BCUT2D eigenvalue weighted by atomic mass is 10.1. The molecule has 0 saturated carbocycles. The van der Waals surface area contributed by atoms with Crippen molar-refractivity contribution >= 4 is 33.4 Å². The maximum Gasteiger partial charge on any atom is 0.169 e. The second kappa shape index (κ2) is 9.47. The van der Waals surface area contributed by atoms with Crippen molar-refractivity contribution in [3.63, 3.8) is 0 Å². The van der Waals surface area contributed by atoms with Crippen molar-refractivity contribution in [3.8, 4) is 0 Å². The van der Waals surface area contributed by atoms with Crippen LogP contribution in [0.25, 0.3) is 21.8 Å². The fourth-order valence-electron chi connectivity index (χ4n) is 3.76.